The number of carbonyl (C=O) groups is 3. The van der Waals surface area contributed by atoms with Crippen molar-refractivity contribution in [2.75, 3.05) is 18.7 Å². The van der Waals surface area contributed by atoms with Crippen LogP contribution < -0.4 is 9.75 Å². The number of benzene rings is 3. The molecule has 0 unspecified atom stereocenters. The van der Waals surface area contributed by atoms with Gasteiger partial charge in [-0.2, -0.15) is 10.1 Å². The molecule has 2 heterocycles. The van der Waals surface area contributed by atoms with E-state index in [1.165, 1.54) is 41.8 Å². The van der Waals surface area contributed by atoms with Crippen LogP contribution >= 0.6 is 11.3 Å². The maximum Gasteiger partial charge on any atom is 0.269 e. The number of methoxy groups -OCH3 is 1. The van der Waals surface area contributed by atoms with Gasteiger partial charge in [-0.25, -0.2) is 9.37 Å². The number of hydrazone groups is 1. The molecule has 0 radical (unpaired) electrons. The molecule has 0 N–H and O–H groups in total. The van der Waals surface area contributed by atoms with Crippen molar-refractivity contribution in [2.24, 2.45) is 5.10 Å². The molecule has 1 aliphatic rings. The van der Waals surface area contributed by atoms with E-state index in [9.17, 15) is 18.8 Å². The van der Waals surface area contributed by atoms with E-state index in [1.807, 2.05) is 0 Å². The minimum absolute atomic E-state index is 0.244. The van der Waals surface area contributed by atoms with Crippen LogP contribution in [0.4, 0.5) is 9.52 Å². The SMILES string of the molecule is COc1ccc2nc(N(/N=C/c3ccc(F)cc3)C(=O)CN3C(=O)c4ccccc4C3=O)sc2c1. The summed E-state index contributed by atoms with van der Waals surface area (Å²) in [6.45, 7) is -0.521. The first-order valence-electron chi connectivity index (χ1n) is 10.5. The highest BCUT2D eigenvalue weighted by Crippen LogP contribution is 2.32. The van der Waals surface area contributed by atoms with Gasteiger partial charge < -0.3 is 4.74 Å². The Morgan fingerprint density at radius 3 is 2.43 bits per heavy atom. The van der Waals surface area contributed by atoms with Gasteiger partial charge in [-0.15, -0.1) is 0 Å². The smallest absolute Gasteiger partial charge is 0.269 e. The molecule has 1 aromatic heterocycles. The van der Waals surface area contributed by atoms with E-state index in [2.05, 4.69) is 10.1 Å². The number of imide groups is 1. The van der Waals surface area contributed by atoms with Crippen molar-refractivity contribution in [2.45, 2.75) is 0 Å². The molecule has 4 aromatic rings. The van der Waals surface area contributed by atoms with Gasteiger partial charge in [0.25, 0.3) is 17.7 Å². The van der Waals surface area contributed by atoms with E-state index in [4.69, 9.17) is 4.74 Å². The van der Waals surface area contributed by atoms with Crippen LogP contribution in [0.1, 0.15) is 26.3 Å². The number of hydrogen-bond donors (Lipinski definition) is 0. The molecule has 10 heteroatoms. The maximum absolute atomic E-state index is 13.4. The summed E-state index contributed by atoms with van der Waals surface area (Å²) >= 11 is 1.20. The summed E-state index contributed by atoms with van der Waals surface area (Å²) in [5.41, 5.74) is 1.67. The fourth-order valence-corrected chi connectivity index (χ4v) is 4.56. The normalized spacial score (nSPS) is 13.0. The average Bonchev–Trinajstić information content (AvgIpc) is 3.39. The molecular weight excluding hydrogens is 471 g/mol. The first-order valence-corrected chi connectivity index (χ1v) is 11.3. The summed E-state index contributed by atoms with van der Waals surface area (Å²) in [5, 5.41) is 5.57. The van der Waals surface area contributed by atoms with Gasteiger partial charge >= 0.3 is 0 Å². The number of hydrogen-bond acceptors (Lipinski definition) is 7. The highest BCUT2D eigenvalue weighted by Gasteiger charge is 2.37. The third-order valence-corrected chi connectivity index (χ3v) is 6.36. The first kappa shape index (κ1) is 22.4. The molecule has 0 spiro atoms. The Kier molecular flexibility index (Phi) is 5.79. The number of halogens is 1. The number of anilines is 1. The molecule has 3 amide bonds. The Hall–Kier alpha value is -4.44. The van der Waals surface area contributed by atoms with Crippen molar-refractivity contribution < 1.29 is 23.5 Å². The maximum atomic E-state index is 13.4. The molecule has 0 saturated heterocycles. The Balaban J connectivity index is 1.48. The van der Waals surface area contributed by atoms with Crippen LogP contribution in [0.5, 0.6) is 5.75 Å². The van der Waals surface area contributed by atoms with Gasteiger partial charge in [0.15, 0.2) is 0 Å². The van der Waals surface area contributed by atoms with E-state index in [0.717, 1.165) is 14.6 Å². The topological polar surface area (TPSA) is 92.2 Å². The van der Waals surface area contributed by atoms with Crippen molar-refractivity contribution in [3.05, 3.63) is 89.2 Å². The highest BCUT2D eigenvalue weighted by molar-refractivity contribution is 7.22. The number of aromatic nitrogens is 1. The highest BCUT2D eigenvalue weighted by atomic mass is 32.1. The molecule has 35 heavy (non-hydrogen) atoms. The zero-order chi connectivity index (χ0) is 24.5. The molecule has 174 valence electrons. The number of ether oxygens (including phenoxy) is 1. The summed E-state index contributed by atoms with van der Waals surface area (Å²) < 4.78 is 19.3. The van der Waals surface area contributed by atoms with Crippen molar-refractivity contribution >= 4 is 50.6 Å². The summed E-state index contributed by atoms with van der Waals surface area (Å²) in [7, 11) is 1.55. The summed E-state index contributed by atoms with van der Waals surface area (Å²) in [6, 6.07) is 17.3. The lowest BCUT2D eigenvalue weighted by Gasteiger charge is -2.18. The molecule has 0 bridgehead atoms. The van der Waals surface area contributed by atoms with Crippen molar-refractivity contribution in [3.8, 4) is 5.75 Å². The second kappa shape index (κ2) is 9.07. The van der Waals surface area contributed by atoms with Gasteiger partial charge in [-0.05, 0) is 48.0 Å². The van der Waals surface area contributed by atoms with E-state index >= 15 is 0 Å². The van der Waals surface area contributed by atoms with Crippen molar-refractivity contribution in [1.29, 1.82) is 0 Å². The second-order valence-corrected chi connectivity index (χ2v) is 8.58. The molecule has 0 aliphatic carbocycles. The summed E-state index contributed by atoms with van der Waals surface area (Å²) in [4.78, 5) is 44.3. The number of carbonyl (C=O) groups excluding carboxylic acids is 3. The minimum atomic E-state index is -0.635. The van der Waals surface area contributed by atoms with E-state index in [-0.39, 0.29) is 16.3 Å². The summed E-state index contributed by atoms with van der Waals surface area (Å²) in [5.74, 6) is -1.50. The average molecular weight is 489 g/mol. The largest absolute Gasteiger partial charge is 0.497 e. The van der Waals surface area contributed by atoms with Crippen LogP contribution in [0.15, 0.2) is 71.8 Å². The second-order valence-electron chi connectivity index (χ2n) is 7.57. The quantitative estimate of drug-likeness (QED) is 0.231. The van der Waals surface area contributed by atoms with E-state index < -0.39 is 30.1 Å². The lowest BCUT2D eigenvalue weighted by atomic mass is 10.1. The molecule has 5 rings (SSSR count). The van der Waals surface area contributed by atoms with Gasteiger partial charge in [-0.1, -0.05) is 35.6 Å². The molecule has 1 aliphatic heterocycles. The molecule has 0 atom stereocenters. The number of fused-ring (bicyclic) bond motifs is 2. The van der Waals surface area contributed by atoms with Gasteiger partial charge in [0.2, 0.25) is 5.13 Å². The van der Waals surface area contributed by atoms with Crippen LogP contribution in [0.2, 0.25) is 0 Å². The van der Waals surface area contributed by atoms with Gasteiger partial charge in [0, 0.05) is 0 Å². The minimum Gasteiger partial charge on any atom is -0.497 e. The first-order chi connectivity index (χ1) is 16.9. The molecule has 8 nitrogen and oxygen atoms in total. The number of nitrogens with zero attached hydrogens (tertiary/aromatic N) is 4. The predicted octanol–water partition coefficient (Wildman–Crippen LogP) is 4.11. The number of rotatable bonds is 6. The Bertz CT molecular complexity index is 1460. The Labute approximate surface area is 202 Å². The van der Waals surface area contributed by atoms with Crippen LogP contribution in [0.25, 0.3) is 10.2 Å². The van der Waals surface area contributed by atoms with Crippen LogP contribution in [0, 0.1) is 5.82 Å². The van der Waals surface area contributed by atoms with Crippen LogP contribution in [-0.2, 0) is 4.79 Å². The molecular formula is C25H17FN4O4S. The van der Waals surface area contributed by atoms with Crippen LogP contribution in [-0.4, -0.2) is 47.5 Å². The number of amides is 3. The third-order valence-electron chi connectivity index (χ3n) is 5.37. The van der Waals surface area contributed by atoms with Crippen molar-refractivity contribution in [1.82, 2.24) is 9.88 Å². The van der Waals surface area contributed by atoms with E-state index in [0.29, 0.717) is 16.8 Å². The predicted molar refractivity (Wildman–Crippen MR) is 129 cm³/mol. The fraction of sp³-hybridized carbons (Fsp3) is 0.0800. The molecule has 0 saturated carbocycles. The molecule has 0 fully saturated rings. The van der Waals surface area contributed by atoms with Gasteiger partial charge in [-0.3, -0.25) is 19.3 Å². The lowest BCUT2D eigenvalue weighted by Crippen LogP contribution is -2.41. The van der Waals surface area contributed by atoms with Crippen LogP contribution in [0.3, 0.4) is 0 Å². The van der Waals surface area contributed by atoms with E-state index in [1.54, 1.807) is 49.6 Å². The van der Waals surface area contributed by atoms with Crippen molar-refractivity contribution in [3.63, 3.8) is 0 Å². The standard InChI is InChI=1S/C25H17FN4O4S/c1-34-17-10-11-20-21(12-17)35-25(28-20)30(27-13-15-6-8-16(26)9-7-15)22(31)14-29-23(32)18-4-2-3-5-19(18)24(29)33/h2-13H,14H2,1H3/b27-13+. The summed E-state index contributed by atoms with van der Waals surface area (Å²) in [6.07, 6.45) is 1.38. The number of thiazole rings is 1. The zero-order valence-electron chi connectivity index (χ0n) is 18.3. The Morgan fingerprint density at radius 2 is 1.77 bits per heavy atom. The fourth-order valence-electron chi connectivity index (χ4n) is 3.59. The third kappa shape index (κ3) is 4.26. The zero-order valence-corrected chi connectivity index (χ0v) is 19.2. The van der Waals surface area contributed by atoms with Gasteiger partial charge in [0.1, 0.15) is 18.1 Å². The Morgan fingerprint density at radius 1 is 1.09 bits per heavy atom. The molecule has 3 aromatic carbocycles. The lowest BCUT2D eigenvalue weighted by molar-refractivity contribution is -0.118. The monoisotopic (exact) mass is 488 g/mol. The van der Waals surface area contributed by atoms with Gasteiger partial charge in [0.05, 0.1) is 34.7 Å².